The van der Waals surface area contributed by atoms with Gasteiger partial charge in [-0.1, -0.05) is 84.4 Å². The fraction of sp³-hybridized carbons (Fsp3) is 0.375. The molecule has 3 rings (SSSR count). The quantitative estimate of drug-likeness (QED) is 0.278. The Balaban J connectivity index is 2.12. The molecule has 0 aliphatic heterocycles. The molecule has 10 heteroatoms. The second-order valence-electron chi connectivity index (χ2n) is 11.1. The first-order valence-electron chi connectivity index (χ1n) is 13.9. The molecule has 42 heavy (non-hydrogen) atoms. The summed E-state index contributed by atoms with van der Waals surface area (Å²) in [7, 11) is -1.18. The van der Waals surface area contributed by atoms with Crippen LogP contribution in [-0.2, 0) is 32.8 Å². The fourth-order valence-corrected chi connectivity index (χ4v) is 6.06. The van der Waals surface area contributed by atoms with Crippen LogP contribution in [0.15, 0.2) is 77.3 Å². The second-order valence-corrected chi connectivity index (χ2v) is 14.1. The summed E-state index contributed by atoms with van der Waals surface area (Å²) in [6.45, 7) is 7.80. The van der Waals surface area contributed by atoms with Crippen molar-refractivity contribution in [2.24, 2.45) is 5.92 Å². The van der Waals surface area contributed by atoms with Gasteiger partial charge in [0.1, 0.15) is 12.6 Å². The van der Waals surface area contributed by atoms with E-state index in [0.717, 1.165) is 29.8 Å². The van der Waals surface area contributed by atoms with Crippen molar-refractivity contribution in [1.29, 1.82) is 0 Å². The Labute approximate surface area is 259 Å². The lowest BCUT2D eigenvalue weighted by Crippen LogP contribution is -2.54. The normalized spacial score (nSPS) is 12.3. The third-order valence-electron chi connectivity index (χ3n) is 6.85. The second kappa shape index (κ2) is 14.8. The molecule has 3 aromatic rings. The Morgan fingerprint density at radius 1 is 0.905 bits per heavy atom. The standard InChI is InChI=1S/C32H41BrN4O4S/c1-23(2)20-34-32(39)30(19-26-11-8-7-9-12-26)36(21-27-13-10-14-28(33)18-27)31(38)22-37(42(40,41)35(5)6)29-17-24(3)15-16-25(29)4/h7-18,23,30H,19-22H2,1-6H3,(H,34,39). The van der Waals surface area contributed by atoms with E-state index in [0.29, 0.717) is 17.8 Å². The van der Waals surface area contributed by atoms with Crippen molar-refractivity contribution >= 4 is 43.6 Å². The number of hydrogen-bond acceptors (Lipinski definition) is 4. The highest BCUT2D eigenvalue weighted by Crippen LogP contribution is 2.26. The largest absolute Gasteiger partial charge is 0.354 e. The number of rotatable bonds is 13. The van der Waals surface area contributed by atoms with E-state index >= 15 is 0 Å². The van der Waals surface area contributed by atoms with E-state index in [1.54, 1.807) is 6.07 Å². The van der Waals surface area contributed by atoms with Crippen molar-refractivity contribution in [2.45, 2.75) is 46.7 Å². The predicted molar refractivity (Wildman–Crippen MR) is 172 cm³/mol. The van der Waals surface area contributed by atoms with Crippen LogP contribution in [0.3, 0.4) is 0 Å². The summed E-state index contributed by atoms with van der Waals surface area (Å²) in [6.07, 6.45) is 0.272. The zero-order valence-electron chi connectivity index (χ0n) is 25.2. The SMILES string of the molecule is Cc1ccc(C)c(N(CC(=O)N(Cc2cccc(Br)c2)C(Cc2ccccc2)C(=O)NCC(C)C)S(=O)(=O)N(C)C)c1. The monoisotopic (exact) mass is 656 g/mol. The van der Waals surface area contributed by atoms with Crippen LogP contribution in [0.5, 0.6) is 0 Å². The maximum Gasteiger partial charge on any atom is 0.304 e. The Bertz CT molecular complexity index is 1480. The smallest absolute Gasteiger partial charge is 0.304 e. The molecule has 0 spiro atoms. The number of anilines is 1. The zero-order chi connectivity index (χ0) is 31.0. The number of amides is 2. The van der Waals surface area contributed by atoms with E-state index in [4.69, 9.17) is 0 Å². The summed E-state index contributed by atoms with van der Waals surface area (Å²) in [5, 5.41) is 3.00. The molecule has 1 N–H and O–H groups in total. The summed E-state index contributed by atoms with van der Waals surface area (Å²) in [6, 6.07) is 21.7. The van der Waals surface area contributed by atoms with Crippen LogP contribution in [0, 0.1) is 19.8 Å². The molecule has 8 nitrogen and oxygen atoms in total. The highest BCUT2D eigenvalue weighted by Gasteiger charge is 2.35. The first-order valence-corrected chi connectivity index (χ1v) is 16.1. The van der Waals surface area contributed by atoms with Crippen molar-refractivity contribution < 1.29 is 18.0 Å². The third kappa shape index (κ3) is 8.89. The number of aryl methyl sites for hydroxylation is 2. The van der Waals surface area contributed by atoms with E-state index in [1.807, 2.05) is 94.4 Å². The minimum absolute atomic E-state index is 0.119. The minimum atomic E-state index is -4.05. The van der Waals surface area contributed by atoms with Crippen molar-refractivity contribution in [3.8, 4) is 0 Å². The molecule has 3 aromatic carbocycles. The Hall–Kier alpha value is -3.21. The Kier molecular flexibility index (Phi) is 11.7. The maximum absolute atomic E-state index is 14.4. The van der Waals surface area contributed by atoms with Crippen molar-refractivity contribution in [1.82, 2.24) is 14.5 Å². The molecule has 0 aliphatic carbocycles. The fourth-order valence-electron chi connectivity index (χ4n) is 4.50. The molecular weight excluding hydrogens is 616 g/mol. The number of nitrogens with one attached hydrogen (secondary N) is 1. The molecule has 0 fully saturated rings. The van der Waals surface area contributed by atoms with Crippen LogP contribution >= 0.6 is 15.9 Å². The molecular formula is C32H41BrN4O4S. The van der Waals surface area contributed by atoms with Crippen LogP contribution in [0.1, 0.15) is 36.1 Å². The van der Waals surface area contributed by atoms with E-state index < -0.39 is 28.7 Å². The van der Waals surface area contributed by atoms with Crippen LogP contribution < -0.4 is 9.62 Å². The van der Waals surface area contributed by atoms with E-state index in [-0.39, 0.29) is 24.8 Å². The third-order valence-corrected chi connectivity index (χ3v) is 9.15. The summed E-state index contributed by atoms with van der Waals surface area (Å²) in [4.78, 5) is 29.6. The Morgan fingerprint density at radius 2 is 1.57 bits per heavy atom. The molecule has 0 aliphatic rings. The van der Waals surface area contributed by atoms with Gasteiger partial charge in [0.2, 0.25) is 11.8 Å². The minimum Gasteiger partial charge on any atom is -0.354 e. The number of hydrogen-bond donors (Lipinski definition) is 1. The average Bonchev–Trinajstić information content (AvgIpc) is 2.94. The number of nitrogens with zero attached hydrogens (tertiary/aromatic N) is 3. The number of carbonyl (C=O) groups is 2. The summed E-state index contributed by atoms with van der Waals surface area (Å²) < 4.78 is 30.3. The lowest BCUT2D eigenvalue weighted by molar-refractivity contribution is -0.140. The maximum atomic E-state index is 14.4. The molecule has 0 saturated carbocycles. The van der Waals surface area contributed by atoms with Gasteiger partial charge < -0.3 is 10.2 Å². The topological polar surface area (TPSA) is 90.0 Å². The first kappa shape index (κ1) is 33.3. The van der Waals surface area contributed by atoms with Gasteiger partial charge in [-0.2, -0.15) is 12.7 Å². The molecule has 0 heterocycles. The summed E-state index contributed by atoms with van der Waals surface area (Å²) >= 11 is 3.50. The average molecular weight is 658 g/mol. The van der Waals surface area contributed by atoms with Crippen molar-refractivity contribution in [3.05, 3.63) is 99.5 Å². The van der Waals surface area contributed by atoms with Crippen molar-refractivity contribution in [2.75, 3.05) is 31.5 Å². The molecule has 0 aromatic heterocycles. The summed E-state index contributed by atoms with van der Waals surface area (Å²) in [5.74, 6) is -0.558. The van der Waals surface area contributed by atoms with E-state index in [9.17, 15) is 18.0 Å². The summed E-state index contributed by atoms with van der Waals surface area (Å²) in [5.41, 5.74) is 3.70. The lowest BCUT2D eigenvalue weighted by atomic mass is 10.0. The molecule has 1 atom stereocenters. The molecule has 226 valence electrons. The highest BCUT2D eigenvalue weighted by molar-refractivity contribution is 9.10. The molecule has 0 bridgehead atoms. The predicted octanol–water partition coefficient (Wildman–Crippen LogP) is 5.09. The van der Waals surface area contributed by atoms with Gasteiger partial charge in [-0.05, 0) is 60.2 Å². The van der Waals surface area contributed by atoms with Gasteiger partial charge in [-0.15, -0.1) is 0 Å². The number of carbonyl (C=O) groups excluding carboxylic acids is 2. The van der Waals surface area contributed by atoms with Gasteiger partial charge in [-0.25, -0.2) is 4.31 Å². The number of halogens is 1. The van der Waals surface area contributed by atoms with E-state index in [2.05, 4.69) is 21.2 Å². The van der Waals surface area contributed by atoms with Crippen LogP contribution in [0.2, 0.25) is 0 Å². The highest BCUT2D eigenvalue weighted by atomic mass is 79.9. The van der Waals surface area contributed by atoms with Gasteiger partial charge in [0.25, 0.3) is 0 Å². The van der Waals surface area contributed by atoms with Gasteiger partial charge in [0.05, 0.1) is 5.69 Å². The van der Waals surface area contributed by atoms with Gasteiger partial charge in [0.15, 0.2) is 0 Å². The van der Waals surface area contributed by atoms with Crippen LogP contribution in [0.25, 0.3) is 0 Å². The van der Waals surface area contributed by atoms with Gasteiger partial charge in [0, 0.05) is 38.1 Å². The number of benzene rings is 3. The van der Waals surface area contributed by atoms with Gasteiger partial charge >= 0.3 is 10.2 Å². The molecule has 0 saturated heterocycles. The van der Waals surface area contributed by atoms with Crippen molar-refractivity contribution in [3.63, 3.8) is 0 Å². The van der Waals surface area contributed by atoms with Crippen LogP contribution in [0.4, 0.5) is 5.69 Å². The first-order chi connectivity index (χ1) is 19.8. The molecule has 1 unspecified atom stereocenters. The van der Waals surface area contributed by atoms with Crippen LogP contribution in [-0.4, -0.2) is 62.7 Å². The molecule has 0 radical (unpaired) electrons. The van der Waals surface area contributed by atoms with Gasteiger partial charge in [-0.3, -0.25) is 9.59 Å². The Morgan fingerprint density at radius 3 is 2.19 bits per heavy atom. The van der Waals surface area contributed by atoms with E-state index in [1.165, 1.54) is 19.0 Å². The zero-order valence-corrected chi connectivity index (χ0v) is 27.6. The molecule has 2 amide bonds. The lowest BCUT2D eigenvalue weighted by Gasteiger charge is -2.35.